The van der Waals surface area contributed by atoms with E-state index < -0.39 is 0 Å². The first-order chi connectivity index (χ1) is 14.3. The van der Waals surface area contributed by atoms with Crippen LogP contribution < -0.4 is 0 Å². The van der Waals surface area contributed by atoms with Gasteiger partial charge >= 0.3 is 0 Å². The van der Waals surface area contributed by atoms with Crippen molar-refractivity contribution in [1.82, 2.24) is 0 Å². The number of hydrogen-bond acceptors (Lipinski definition) is 0. The van der Waals surface area contributed by atoms with Crippen molar-refractivity contribution in [2.45, 2.75) is 84.5 Å². The molecular formula is C29H38. The van der Waals surface area contributed by atoms with Crippen LogP contribution in [0.2, 0.25) is 0 Å². The Bertz CT molecular complexity index is 762. The van der Waals surface area contributed by atoms with Gasteiger partial charge in [0.25, 0.3) is 0 Å². The van der Waals surface area contributed by atoms with Crippen LogP contribution >= 0.6 is 0 Å². The minimum atomic E-state index is 0.604. The largest absolute Gasteiger partial charge is 0.0945 e. The van der Waals surface area contributed by atoms with E-state index in [-0.39, 0.29) is 0 Å². The molecule has 0 atom stereocenters. The lowest BCUT2D eigenvalue weighted by atomic mass is 9.80. The van der Waals surface area contributed by atoms with Crippen molar-refractivity contribution in [3.05, 3.63) is 59.7 Å². The van der Waals surface area contributed by atoms with Crippen molar-refractivity contribution in [1.29, 1.82) is 0 Å². The highest BCUT2D eigenvalue weighted by atomic mass is 14.2. The van der Waals surface area contributed by atoms with Crippen molar-refractivity contribution in [2.24, 2.45) is 11.8 Å². The molecule has 0 radical (unpaired) electrons. The molecule has 2 aromatic carbocycles. The molecule has 0 unspecified atom stereocenters. The molecule has 0 spiro atoms. The summed E-state index contributed by atoms with van der Waals surface area (Å²) in [5.74, 6) is 8.57. The SMILES string of the molecule is CCCCCC1CCC(C#Cc2ccc(-c3ccc(CCCC)cc3)cc2)CC1. The fraction of sp³-hybridized carbons (Fsp3) is 0.517. The van der Waals surface area contributed by atoms with Crippen LogP contribution in [0.15, 0.2) is 48.5 Å². The summed E-state index contributed by atoms with van der Waals surface area (Å²) in [4.78, 5) is 0. The summed E-state index contributed by atoms with van der Waals surface area (Å²) in [6.45, 7) is 4.54. The van der Waals surface area contributed by atoms with E-state index >= 15 is 0 Å². The number of hydrogen-bond donors (Lipinski definition) is 0. The fourth-order valence-electron chi connectivity index (χ4n) is 4.45. The summed E-state index contributed by atoms with van der Waals surface area (Å²) in [6, 6.07) is 17.9. The zero-order valence-electron chi connectivity index (χ0n) is 18.6. The topological polar surface area (TPSA) is 0 Å². The molecule has 2 aromatic rings. The van der Waals surface area contributed by atoms with Gasteiger partial charge in [0.1, 0.15) is 0 Å². The van der Waals surface area contributed by atoms with Crippen molar-refractivity contribution in [3.8, 4) is 23.0 Å². The highest BCUT2D eigenvalue weighted by Crippen LogP contribution is 2.31. The minimum absolute atomic E-state index is 0.604. The summed E-state index contributed by atoms with van der Waals surface area (Å²) in [5.41, 5.74) is 5.17. The van der Waals surface area contributed by atoms with Gasteiger partial charge in [0, 0.05) is 11.5 Å². The first kappa shape index (κ1) is 21.7. The van der Waals surface area contributed by atoms with Crippen molar-refractivity contribution >= 4 is 0 Å². The van der Waals surface area contributed by atoms with E-state index in [2.05, 4.69) is 74.2 Å². The molecule has 0 amide bonds. The van der Waals surface area contributed by atoms with Crippen molar-refractivity contribution < 1.29 is 0 Å². The Balaban J connectivity index is 1.50. The van der Waals surface area contributed by atoms with E-state index in [1.807, 2.05) is 0 Å². The Kier molecular flexibility index (Phi) is 8.88. The summed E-state index contributed by atoms with van der Waals surface area (Å²) >= 11 is 0. The van der Waals surface area contributed by atoms with Crippen LogP contribution in [0.3, 0.4) is 0 Å². The first-order valence-corrected chi connectivity index (χ1v) is 12.0. The maximum atomic E-state index is 3.56. The molecule has 29 heavy (non-hydrogen) atoms. The monoisotopic (exact) mass is 386 g/mol. The molecule has 0 heterocycles. The van der Waals surface area contributed by atoms with Gasteiger partial charge in [-0.05, 0) is 73.3 Å². The summed E-state index contributed by atoms with van der Waals surface area (Å²) in [5, 5.41) is 0. The molecule has 0 aromatic heterocycles. The van der Waals surface area contributed by atoms with Gasteiger partial charge in [0.2, 0.25) is 0 Å². The van der Waals surface area contributed by atoms with Gasteiger partial charge in [-0.25, -0.2) is 0 Å². The molecule has 3 rings (SSSR count). The lowest BCUT2D eigenvalue weighted by Gasteiger charge is -2.25. The van der Waals surface area contributed by atoms with Crippen LogP contribution in [0, 0.1) is 23.7 Å². The Morgan fingerprint density at radius 2 is 1.34 bits per heavy atom. The lowest BCUT2D eigenvalue weighted by molar-refractivity contribution is 0.294. The third kappa shape index (κ3) is 7.08. The Hall–Kier alpha value is -2.00. The summed E-state index contributed by atoms with van der Waals surface area (Å²) in [6.07, 6.45) is 14.7. The molecule has 1 aliphatic carbocycles. The molecule has 0 nitrogen and oxygen atoms in total. The van der Waals surface area contributed by atoms with Crippen molar-refractivity contribution in [2.75, 3.05) is 0 Å². The molecule has 154 valence electrons. The van der Waals surface area contributed by atoms with Crippen LogP contribution in [-0.2, 0) is 6.42 Å². The molecule has 1 saturated carbocycles. The molecule has 1 fully saturated rings. The van der Waals surface area contributed by atoms with Gasteiger partial charge in [-0.3, -0.25) is 0 Å². The lowest BCUT2D eigenvalue weighted by Crippen LogP contribution is -2.13. The van der Waals surface area contributed by atoms with Gasteiger partial charge in [-0.15, -0.1) is 0 Å². The summed E-state index contributed by atoms with van der Waals surface area (Å²) in [7, 11) is 0. The first-order valence-electron chi connectivity index (χ1n) is 12.0. The highest BCUT2D eigenvalue weighted by molar-refractivity contribution is 5.64. The molecule has 0 heteroatoms. The Morgan fingerprint density at radius 1 is 0.724 bits per heavy atom. The summed E-state index contributed by atoms with van der Waals surface area (Å²) < 4.78 is 0. The Morgan fingerprint density at radius 3 is 1.97 bits per heavy atom. The minimum Gasteiger partial charge on any atom is -0.0945 e. The van der Waals surface area contributed by atoms with E-state index in [9.17, 15) is 0 Å². The standard InChI is InChI=1S/C29H38/c1-3-5-7-9-25-10-12-26(13-11-25)14-15-27-18-22-29(23-19-27)28-20-16-24(17-21-28)8-6-4-2/h16-23,25-26H,3-13H2,1-2H3. The zero-order chi connectivity index (χ0) is 20.3. The van der Waals surface area contributed by atoms with Crippen LogP contribution in [0.5, 0.6) is 0 Å². The predicted molar refractivity (Wildman–Crippen MR) is 127 cm³/mol. The smallest absolute Gasteiger partial charge is 0.0245 e. The molecule has 1 aliphatic rings. The van der Waals surface area contributed by atoms with Gasteiger partial charge in [-0.2, -0.15) is 0 Å². The normalized spacial score (nSPS) is 18.8. The van der Waals surface area contributed by atoms with Gasteiger partial charge in [0.05, 0.1) is 0 Å². The second kappa shape index (κ2) is 11.9. The average molecular weight is 387 g/mol. The predicted octanol–water partition coefficient (Wildman–Crippen LogP) is 8.43. The number of unbranched alkanes of at least 4 members (excludes halogenated alkanes) is 3. The van der Waals surface area contributed by atoms with E-state index in [1.165, 1.54) is 87.3 Å². The zero-order valence-corrected chi connectivity index (χ0v) is 18.6. The molecular weight excluding hydrogens is 348 g/mol. The second-order valence-corrected chi connectivity index (χ2v) is 8.86. The molecule has 0 aliphatic heterocycles. The fourth-order valence-corrected chi connectivity index (χ4v) is 4.45. The number of rotatable bonds is 8. The maximum Gasteiger partial charge on any atom is 0.0245 e. The second-order valence-electron chi connectivity index (χ2n) is 8.86. The number of aryl methyl sites for hydroxylation is 1. The van der Waals surface area contributed by atoms with Crippen LogP contribution in [0.25, 0.3) is 11.1 Å². The molecule has 0 saturated heterocycles. The van der Waals surface area contributed by atoms with E-state index in [4.69, 9.17) is 0 Å². The van der Waals surface area contributed by atoms with Crippen LogP contribution in [0.4, 0.5) is 0 Å². The quantitative estimate of drug-likeness (QED) is 0.315. The van der Waals surface area contributed by atoms with Crippen LogP contribution in [-0.4, -0.2) is 0 Å². The van der Waals surface area contributed by atoms with Gasteiger partial charge in [-0.1, -0.05) is 94.2 Å². The van der Waals surface area contributed by atoms with Gasteiger partial charge < -0.3 is 0 Å². The highest BCUT2D eigenvalue weighted by Gasteiger charge is 2.19. The van der Waals surface area contributed by atoms with E-state index in [1.54, 1.807) is 0 Å². The molecule has 0 bridgehead atoms. The Labute approximate surface area is 179 Å². The number of benzene rings is 2. The third-order valence-corrected chi connectivity index (χ3v) is 6.47. The van der Waals surface area contributed by atoms with E-state index in [0.717, 1.165) is 11.5 Å². The van der Waals surface area contributed by atoms with Crippen LogP contribution in [0.1, 0.15) is 89.2 Å². The van der Waals surface area contributed by atoms with E-state index in [0.29, 0.717) is 5.92 Å². The third-order valence-electron chi connectivity index (χ3n) is 6.47. The van der Waals surface area contributed by atoms with Gasteiger partial charge in [0.15, 0.2) is 0 Å². The maximum absolute atomic E-state index is 3.56. The average Bonchev–Trinajstić information content (AvgIpc) is 2.78. The molecule has 0 N–H and O–H groups in total. The van der Waals surface area contributed by atoms with Crippen molar-refractivity contribution in [3.63, 3.8) is 0 Å².